The summed E-state index contributed by atoms with van der Waals surface area (Å²) in [6.07, 6.45) is 5.95. The van der Waals surface area contributed by atoms with Crippen molar-refractivity contribution >= 4 is 50.7 Å². The second kappa shape index (κ2) is 13.6. The summed E-state index contributed by atoms with van der Waals surface area (Å²) in [5.74, 6) is -0.276. The number of rotatable bonds is 11. The number of nitrogens with zero attached hydrogens (tertiary/aromatic N) is 2. The lowest BCUT2D eigenvalue weighted by Crippen LogP contribution is -2.53. The fourth-order valence-corrected chi connectivity index (χ4v) is 5.96. The molecule has 2 amide bonds. The van der Waals surface area contributed by atoms with Crippen LogP contribution in [0.3, 0.4) is 0 Å². The van der Waals surface area contributed by atoms with Gasteiger partial charge < -0.3 is 19.7 Å². The van der Waals surface area contributed by atoms with E-state index in [-0.39, 0.29) is 29.9 Å². The largest absolute Gasteiger partial charge is 0.497 e. The summed E-state index contributed by atoms with van der Waals surface area (Å²) in [5, 5.41) is 3.71. The predicted molar refractivity (Wildman–Crippen MR) is 153 cm³/mol. The lowest BCUT2D eigenvalue weighted by atomic mass is 9.95. The van der Waals surface area contributed by atoms with Crippen molar-refractivity contribution in [2.75, 3.05) is 31.3 Å². The highest BCUT2D eigenvalue weighted by Gasteiger charge is 2.33. The number of amides is 2. The molecule has 2 aromatic rings. The molecule has 0 aromatic heterocycles. The zero-order valence-corrected chi connectivity index (χ0v) is 24.9. The van der Waals surface area contributed by atoms with E-state index in [1.807, 2.05) is 0 Å². The van der Waals surface area contributed by atoms with E-state index in [9.17, 15) is 18.0 Å². The molecule has 1 aliphatic carbocycles. The molecule has 214 valence electrons. The van der Waals surface area contributed by atoms with Gasteiger partial charge in [0.05, 0.1) is 26.2 Å². The van der Waals surface area contributed by atoms with Gasteiger partial charge >= 0.3 is 0 Å². The van der Waals surface area contributed by atoms with Crippen molar-refractivity contribution in [1.82, 2.24) is 10.2 Å². The molecule has 9 nitrogen and oxygen atoms in total. The second-order valence-corrected chi connectivity index (χ2v) is 12.3. The van der Waals surface area contributed by atoms with Gasteiger partial charge in [-0.05, 0) is 44.0 Å². The zero-order valence-electron chi connectivity index (χ0n) is 22.6. The first-order chi connectivity index (χ1) is 18.5. The van der Waals surface area contributed by atoms with Crippen LogP contribution in [-0.4, -0.2) is 64.2 Å². The third-order valence-corrected chi connectivity index (χ3v) is 8.68. The summed E-state index contributed by atoms with van der Waals surface area (Å²) in [7, 11) is -1.08. The molecule has 1 fully saturated rings. The molecule has 12 heteroatoms. The highest BCUT2D eigenvalue weighted by atomic mass is 35.5. The van der Waals surface area contributed by atoms with Gasteiger partial charge in [0.25, 0.3) is 0 Å². The Morgan fingerprint density at radius 1 is 1.05 bits per heavy atom. The molecule has 0 saturated heterocycles. The Kier molecular flexibility index (Phi) is 10.7. The number of ether oxygens (including phenoxy) is 2. The van der Waals surface area contributed by atoms with E-state index in [0.29, 0.717) is 21.4 Å². The Labute approximate surface area is 240 Å². The smallest absolute Gasteiger partial charge is 0.244 e. The lowest BCUT2D eigenvalue weighted by molar-refractivity contribution is -0.139. The Hall–Kier alpha value is -2.69. The number of halogens is 2. The van der Waals surface area contributed by atoms with E-state index in [1.54, 1.807) is 31.2 Å². The summed E-state index contributed by atoms with van der Waals surface area (Å²) >= 11 is 12.8. The maximum atomic E-state index is 13.8. The molecule has 0 aliphatic heterocycles. The van der Waals surface area contributed by atoms with Gasteiger partial charge in [0.1, 0.15) is 24.1 Å². The molecule has 1 saturated carbocycles. The number of carbonyl (C=O) groups is 2. The van der Waals surface area contributed by atoms with Gasteiger partial charge in [-0.2, -0.15) is 0 Å². The van der Waals surface area contributed by atoms with Gasteiger partial charge in [-0.3, -0.25) is 13.9 Å². The van der Waals surface area contributed by atoms with Gasteiger partial charge in [-0.1, -0.05) is 48.5 Å². The summed E-state index contributed by atoms with van der Waals surface area (Å²) in [6, 6.07) is 8.67. The molecule has 0 spiro atoms. The van der Waals surface area contributed by atoms with Crippen molar-refractivity contribution in [2.24, 2.45) is 0 Å². The summed E-state index contributed by atoms with van der Waals surface area (Å²) < 4.78 is 37.3. The van der Waals surface area contributed by atoms with Crippen LogP contribution in [0, 0.1) is 0 Å². The summed E-state index contributed by atoms with van der Waals surface area (Å²) in [6.45, 7) is 0.943. The van der Waals surface area contributed by atoms with E-state index in [2.05, 4.69) is 5.32 Å². The Balaban J connectivity index is 1.96. The predicted octanol–water partition coefficient (Wildman–Crippen LogP) is 4.64. The van der Waals surface area contributed by atoms with Crippen LogP contribution >= 0.6 is 23.2 Å². The molecule has 1 atom stereocenters. The van der Waals surface area contributed by atoms with Crippen molar-refractivity contribution in [3.05, 3.63) is 52.0 Å². The minimum atomic E-state index is -3.94. The van der Waals surface area contributed by atoms with E-state index in [4.69, 9.17) is 32.7 Å². The maximum absolute atomic E-state index is 13.8. The van der Waals surface area contributed by atoms with Crippen LogP contribution in [0.15, 0.2) is 36.4 Å². The molecule has 0 bridgehead atoms. The zero-order chi connectivity index (χ0) is 28.7. The van der Waals surface area contributed by atoms with Gasteiger partial charge in [-0.25, -0.2) is 8.42 Å². The summed E-state index contributed by atoms with van der Waals surface area (Å²) in [5.41, 5.74) is 0.614. The van der Waals surface area contributed by atoms with Gasteiger partial charge in [0.2, 0.25) is 21.8 Å². The van der Waals surface area contributed by atoms with Crippen molar-refractivity contribution in [3.63, 3.8) is 0 Å². The van der Waals surface area contributed by atoms with Crippen LogP contribution in [-0.2, 0) is 26.2 Å². The van der Waals surface area contributed by atoms with Gasteiger partial charge in [-0.15, -0.1) is 0 Å². The normalized spacial score (nSPS) is 14.8. The van der Waals surface area contributed by atoms with E-state index < -0.39 is 28.5 Å². The summed E-state index contributed by atoms with van der Waals surface area (Å²) in [4.78, 5) is 28.5. The van der Waals surface area contributed by atoms with Crippen LogP contribution in [0.2, 0.25) is 10.0 Å². The molecule has 0 unspecified atom stereocenters. The topological polar surface area (TPSA) is 105 Å². The van der Waals surface area contributed by atoms with Crippen LogP contribution < -0.4 is 19.1 Å². The monoisotopic (exact) mass is 599 g/mol. The van der Waals surface area contributed by atoms with Crippen molar-refractivity contribution in [2.45, 2.75) is 57.7 Å². The van der Waals surface area contributed by atoms with Crippen LogP contribution in [0.25, 0.3) is 0 Å². The number of methoxy groups -OCH3 is 2. The molecule has 2 aromatic carbocycles. The third kappa shape index (κ3) is 7.93. The van der Waals surface area contributed by atoms with Crippen LogP contribution in [0.1, 0.15) is 44.6 Å². The van der Waals surface area contributed by atoms with E-state index in [0.717, 1.165) is 42.7 Å². The van der Waals surface area contributed by atoms with Crippen molar-refractivity contribution in [1.29, 1.82) is 0 Å². The average molecular weight is 601 g/mol. The minimum Gasteiger partial charge on any atom is -0.497 e. The highest BCUT2D eigenvalue weighted by molar-refractivity contribution is 7.92. The molecule has 1 N–H and O–H groups in total. The molecule has 0 heterocycles. The molecule has 0 radical (unpaired) electrons. The van der Waals surface area contributed by atoms with Gasteiger partial charge in [0.15, 0.2) is 0 Å². The number of hydrogen-bond donors (Lipinski definition) is 1. The fourth-order valence-electron chi connectivity index (χ4n) is 4.59. The van der Waals surface area contributed by atoms with Gasteiger partial charge in [0, 0.05) is 34.3 Å². The van der Waals surface area contributed by atoms with E-state index >= 15 is 0 Å². The second-order valence-electron chi connectivity index (χ2n) is 9.55. The Bertz CT molecular complexity index is 1260. The van der Waals surface area contributed by atoms with Crippen molar-refractivity contribution in [3.8, 4) is 11.5 Å². The number of benzene rings is 2. The number of carbonyl (C=O) groups excluding carboxylic acids is 2. The van der Waals surface area contributed by atoms with Crippen LogP contribution in [0.4, 0.5) is 5.69 Å². The molecule has 1 aliphatic rings. The first-order valence-corrected chi connectivity index (χ1v) is 15.3. The lowest BCUT2D eigenvalue weighted by Gasteiger charge is -2.33. The Morgan fingerprint density at radius 2 is 1.69 bits per heavy atom. The highest BCUT2D eigenvalue weighted by Crippen LogP contribution is 2.34. The molecule has 39 heavy (non-hydrogen) atoms. The first kappa shape index (κ1) is 30.8. The number of nitrogens with one attached hydrogen (secondary N) is 1. The minimum absolute atomic E-state index is 0.0330. The van der Waals surface area contributed by atoms with E-state index in [1.165, 1.54) is 31.3 Å². The third-order valence-electron chi connectivity index (χ3n) is 6.84. The average Bonchev–Trinajstić information content (AvgIpc) is 2.90. The maximum Gasteiger partial charge on any atom is 0.244 e. The number of hydrogen-bond acceptors (Lipinski definition) is 6. The van der Waals surface area contributed by atoms with Crippen molar-refractivity contribution < 1.29 is 27.5 Å². The molecular formula is C27H35Cl2N3O6S. The number of anilines is 1. The fraction of sp³-hybridized carbons (Fsp3) is 0.481. The first-order valence-electron chi connectivity index (χ1n) is 12.7. The SMILES string of the molecule is COc1ccc(N(CC(=O)N(Cc2c(Cl)cccc2Cl)[C@H](C)C(=O)NC2CCCCC2)S(C)(=O)=O)c(OC)c1. The molecule has 3 rings (SSSR count). The quantitative estimate of drug-likeness (QED) is 0.403. The molecular weight excluding hydrogens is 565 g/mol. The standard InChI is InChI=1S/C27H35Cl2N3O6S/c1-18(27(34)30-19-9-6-5-7-10-19)31(16-21-22(28)11-8-12-23(21)29)26(33)17-32(39(4,35)36)24-14-13-20(37-2)15-25(24)38-3/h8,11-15,18-19H,5-7,9-10,16-17H2,1-4H3,(H,30,34)/t18-/m1/s1. The number of sulfonamides is 1. The van der Waals surface area contributed by atoms with Crippen LogP contribution in [0.5, 0.6) is 11.5 Å². The Morgan fingerprint density at radius 3 is 2.26 bits per heavy atom.